The Morgan fingerprint density at radius 3 is 2.61 bits per heavy atom. The van der Waals surface area contributed by atoms with Gasteiger partial charge in [-0.25, -0.2) is 4.79 Å². The number of ether oxygens (including phenoxy) is 1. The molecule has 1 aliphatic rings. The number of aromatic nitrogens is 2. The second kappa shape index (κ2) is 8.51. The van der Waals surface area contributed by atoms with Gasteiger partial charge in [0, 0.05) is 24.1 Å². The quantitative estimate of drug-likeness (QED) is 0.478. The molecule has 0 bridgehead atoms. The maximum Gasteiger partial charge on any atom is 0.339 e. The number of para-hydroxylation sites is 1. The van der Waals surface area contributed by atoms with Gasteiger partial charge in [0.05, 0.1) is 36.1 Å². The van der Waals surface area contributed by atoms with E-state index in [2.05, 4.69) is 46.6 Å². The van der Waals surface area contributed by atoms with Crippen molar-refractivity contribution in [3.05, 3.63) is 82.9 Å². The normalized spacial score (nSPS) is 18.2. The number of nitrogens with one attached hydrogen (secondary N) is 1. The highest BCUT2D eigenvalue weighted by Gasteiger charge is 2.40. The molecule has 0 spiro atoms. The lowest BCUT2D eigenvalue weighted by atomic mass is 9.97. The number of benzene rings is 1. The van der Waals surface area contributed by atoms with Gasteiger partial charge in [-0.1, -0.05) is 18.2 Å². The number of thiocarbonyl (C=S) groups is 1. The Kier molecular flexibility index (Phi) is 5.78. The summed E-state index contributed by atoms with van der Waals surface area (Å²) in [6.45, 7) is 7.02. The minimum Gasteiger partial charge on any atom is -0.465 e. The molecule has 31 heavy (non-hydrogen) atoms. The first-order chi connectivity index (χ1) is 15.0. The second-order valence-electron chi connectivity index (χ2n) is 7.58. The molecule has 7 heteroatoms. The molecule has 0 aliphatic carbocycles. The first kappa shape index (κ1) is 21.1. The highest BCUT2D eigenvalue weighted by atomic mass is 32.1. The SMILES string of the molecule is CCN1C(=S)N[C@H](c2ccccn2)[C@@H]1c1cc(C)n(-c2ccccc2C(=O)OC)c1C. The van der Waals surface area contributed by atoms with Crippen molar-refractivity contribution in [2.45, 2.75) is 32.9 Å². The molecule has 1 saturated heterocycles. The largest absolute Gasteiger partial charge is 0.465 e. The molecule has 0 saturated carbocycles. The zero-order chi connectivity index (χ0) is 22.1. The van der Waals surface area contributed by atoms with Crippen molar-refractivity contribution in [1.29, 1.82) is 0 Å². The summed E-state index contributed by atoms with van der Waals surface area (Å²) >= 11 is 5.66. The van der Waals surface area contributed by atoms with Crippen LogP contribution in [0.5, 0.6) is 0 Å². The average molecular weight is 435 g/mol. The molecule has 3 heterocycles. The van der Waals surface area contributed by atoms with Gasteiger partial charge in [-0.15, -0.1) is 0 Å². The van der Waals surface area contributed by atoms with E-state index in [0.29, 0.717) is 5.56 Å². The van der Waals surface area contributed by atoms with Gasteiger partial charge in [-0.3, -0.25) is 4.98 Å². The third-order valence-corrected chi connectivity index (χ3v) is 6.23. The Hall–Kier alpha value is -3.19. The fourth-order valence-electron chi connectivity index (χ4n) is 4.49. The van der Waals surface area contributed by atoms with E-state index in [4.69, 9.17) is 17.0 Å². The minimum atomic E-state index is -0.352. The number of aryl methyl sites for hydroxylation is 1. The first-order valence-corrected chi connectivity index (χ1v) is 10.7. The predicted octanol–water partition coefficient (Wildman–Crippen LogP) is 4.27. The topological polar surface area (TPSA) is 59.4 Å². The van der Waals surface area contributed by atoms with E-state index < -0.39 is 0 Å². The summed E-state index contributed by atoms with van der Waals surface area (Å²) in [5.74, 6) is -0.352. The van der Waals surface area contributed by atoms with Crippen LogP contribution in [-0.2, 0) is 4.74 Å². The molecule has 2 aromatic heterocycles. The molecule has 3 aromatic rings. The van der Waals surface area contributed by atoms with Crippen LogP contribution in [0.2, 0.25) is 0 Å². The van der Waals surface area contributed by atoms with Crippen LogP contribution in [0.4, 0.5) is 0 Å². The van der Waals surface area contributed by atoms with Crippen molar-refractivity contribution in [2.75, 3.05) is 13.7 Å². The molecule has 1 N–H and O–H groups in total. The summed E-state index contributed by atoms with van der Waals surface area (Å²) in [7, 11) is 1.40. The van der Waals surface area contributed by atoms with E-state index in [1.165, 1.54) is 7.11 Å². The van der Waals surface area contributed by atoms with Gasteiger partial charge < -0.3 is 19.5 Å². The van der Waals surface area contributed by atoms with Crippen molar-refractivity contribution in [3.8, 4) is 5.69 Å². The molecule has 1 fully saturated rings. The molecule has 0 unspecified atom stereocenters. The third-order valence-electron chi connectivity index (χ3n) is 5.88. The number of carbonyl (C=O) groups excluding carboxylic acids is 1. The van der Waals surface area contributed by atoms with Crippen LogP contribution in [0.3, 0.4) is 0 Å². The number of hydrogen-bond donors (Lipinski definition) is 1. The number of esters is 1. The van der Waals surface area contributed by atoms with Gasteiger partial charge in [0.1, 0.15) is 0 Å². The summed E-state index contributed by atoms with van der Waals surface area (Å²) in [5.41, 5.74) is 5.54. The molecule has 1 aromatic carbocycles. The molecule has 2 atom stereocenters. The molecule has 4 rings (SSSR count). The lowest BCUT2D eigenvalue weighted by Crippen LogP contribution is -2.29. The standard InChI is InChI=1S/C24H26N4O2S/c1-5-27-22(21(26-24(27)31)19-11-8-9-13-25-19)18-14-15(2)28(16(18)3)20-12-7-6-10-17(20)23(29)30-4/h6-14,21-22H,5H2,1-4H3,(H,26,31)/t21-,22+/m1/s1. The number of rotatable bonds is 5. The Balaban J connectivity index is 1.86. The third kappa shape index (κ3) is 3.59. The maximum atomic E-state index is 12.4. The summed E-state index contributed by atoms with van der Waals surface area (Å²) in [4.78, 5) is 19.2. The fraction of sp³-hybridized carbons (Fsp3) is 0.292. The number of carbonyl (C=O) groups is 1. The van der Waals surface area contributed by atoms with Crippen molar-refractivity contribution in [3.63, 3.8) is 0 Å². The highest BCUT2D eigenvalue weighted by Crippen LogP contribution is 2.41. The van der Waals surface area contributed by atoms with Crippen molar-refractivity contribution in [2.24, 2.45) is 0 Å². The molecule has 0 radical (unpaired) electrons. The van der Waals surface area contributed by atoms with Crippen LogP contribution in [-0.4, -0.2) is 39.2 Å². The fourth-order valence-corrected chi connectivity index (χ4v) is 4.86. The van der Waals surface area contributed by atoms with E-state index in [1.54, 1.807) is 6.07 Å². The van der Waals surface area contributed by atoms with E-state index in [1.807, 2.05) is 42.6 Å². The lowest BCUT2D eigenvalue weighted by Gasteiger charge is -2.27. The Labute approximate surface area is 187 Å². The number of pyridine rings is 1. The summed E-state index contributed by atoms with van der Waals surface area (Å²) in [6.07, 6.45) is 1.81. The zero-order valence-corrected chi connectivity index (χ0v) is 18.9. The van der Waals surface area contributed by atoms with Crippen LogP contribution < -0.4 is 5.32 Å². The van der Waals surface area contributed by atoms with Crippen molar-refractivity contribution < 1.29 is 9.53 Å². The Bertz CT molecular complexity index is 1130. The lowest BCUT2D eigenvalue weighted by molar-refractivity contribution is 0.0600. The zero-order valence-electron chi connectivity index (χ0n) is 18.1. The predicted molar refractivity (Wildman–Crippen MR) is 124 cm³/mol. The molecular weight excluding hydrogens is 408 g/mol. The van der Waals surface area contributed by atoms with Crippen LogP contribution in [0.25, 0.3) is 5.69 Å². The van der Waals surface area contributed by atoms with Crippen molar-refractivity contribution in [1.82, 2.24) is 19.8 Å². The van der Waals surface area contributed by atoms with E-state index in [0.717, 1.165) is 40.0 Å². The summed E-state index contributed by atoms with van der Waals surface area (Å²) in [6, 6.07) is 15.6. The second-order valence-corrected chi connectivity index (χ2v) is 7.97. The first-order valence-electron chi connectivity index (χ1n) is 10.3. The van der Waals surface area contributed by atoms with Crippen LogP contribution in [0.1, 0.15) is 52.0 Å². The Morgan fingerprint density at radius 1 is 1.19 bits per heavy atom. The number of hydrogen-bond acceptors (Lipinski definition) is 4. The van der Waals surface area contributed by atoms with Crippen LogP contribution >= 0.6 is 12.2 Å². The van der Waals surface area contributed by atoms with Crippen LogP contribution in [0.15, 0.2) is 54.7 Å². The molecule has 6 nitrogen and oxygen atoms in total. The molecular formula is C24H26N4O2S. The van der Waals surface area contributed by atoms with Gasteiger partial charge >= 0.3 is 5.97 Å². The molecule has 1 aliphatic heterocycles. The van der Waals surface area contributed by atoms with Gasteiger partial charge in [0.15, 0.2) is 5.11 Å². The summed E-state index contributed by atoms with van der Waals surface area (Å²) < 4.78 is 7.13. The molecule has 160 valence electrons. The summed E-state index contributed by atoms with van der Waals surface area (Å²) in [5, 5.41) is 4.19. The number of likely N-dealkylation sites (N-methyl/N-ethyl adjacent to an activating group) is 1. The smallest absolute Gasteiger partial charge is 0.339 e. The van der Waals surface area contributed by atoms with Gasteiger partial charge in [-0.2, -0.15) is 0 Å². The van der Waals surface area contributed by atoms with Gasteiger partial charge in [0.2, 0.25) is 0 Å². The molecule has 0 amide bonds. The average Bonchev–Trinajstić information content (AvgIpc) is 3.28. The highest BCUT2D eigenvalue weighted by molar-refractivity contribution is 7.80. The van der Waals surface area contributed by atoms with Crippen LogP contribution in [0, 0.1) is 13.8 Å². The number of nitrogens with zero attached hydrogens (tertiary/aromatic N) is 3. The maximum absolute atomic E-state index is 12.4. The van der Waals surface area contributed by atoms with E-state index in [-0.39, 0.29) is 18.1 Å². The van der Waals surface area contributed by atoms with Crippen molar-refractivity contribution >= 4 is 23.3 Å². The number of methoxy groups -OCH3 is 1. The Morgan fingerprint density at radius 2 is 1.94 bits per heavy atom. The van der Waals surface area contributed by atoms with Gasteiger partial charge in [-0.05, 0) is 68.9 Å². The van der Waals surface area contributed by atoms with E-state index in [9.17, 15) is 4.79 Å². The van der Waals surface area contributed by atoms with E-state index >= 15 is 0 Å². The monoisotopic (exact) mass is 434 g/mol. The van der Waals surface area contributed by atoms with Gasteiger partial charge in [0.25, 0.3) is 0 Å². The minimum absolute atomic E-state index is 0.00219.